The lowest BCUT2D eigenvalue weighted by Gasteiger charge is -2.22. The summed E-state index contributed by atoms with van der Waals surface area (Å²) in [6, 6.07) is 4.22. The molecule has 1 saturated heterocycles. The number of rotatable bonds is 4. The molecule has 4 nitrogen and oxygen atoms in total. The van der Waals surface area contributed by atoms with E-state index in [9.17, 15) is 14.0 Å². The number of hydrogen-bond acceptors (Lipinski definition) is 3. The van der Waals surface area contributed by atoms with Crippen molar-refractivity contribution >= 4 is 17.5 Å². The number of amides is 2. The van der Waals surface area contributed by atoms with Crippen molar-refractivity contribution in [3.8, 4) is 0 Å². The molecule has 1 atom stereocenters. The van der Waals surface area contributed by atoms with E-state index in [0.717, 1.165) is 0 Å². The van der Waals surface area contributed by atoms with Crippen molar-refractivity contribution in [1.29, 1.82) is 0 Å². The zero-order valence-corrected chi connectivity index (χ0v) is 10.4. The van der Waals surface area contributed by atoms with Gasteiger partial charge in [-0.15, -0.1) is 6.58 Å². The first kappa shape index (κ1) is 13.3. The highest BCUT2D eigenvalue weighted by atomic mass is 19.1. The fourth-order valence-electron chi connectivity index (χ4n) is 1.99. The summed E-state index contributed by atoms with van der Waals surface area (Å²) in [7, 11) is 0. The SMILES string of the molecule is C=CCc1ccc(NC2CCC(=O)NC2=O)cc1F. The zero-order valence-electron chi connectivity index (χ0n) is 10.4. The fourth-order valence-corrected chi connectivity index (χ4v) is 1.99. The van der Waals surface area contributed by atoms with E-state index in [1.807, 2.05) is 0 Å². The number of piperidine rings is 1. The molecular weight excluding hydrogens is 247 g/mol. The molecule has 0 aromatic heterocycles. The summed E-state index contributed by atoms with van der Waals surface area (Å²) in [5.74, 6) is -0.973. The summed E-state index contributed by atoms with van der Waals surface area (Å²) in [5.41, 5.74) is 1.09. The van der Waals surface area contributed by atoms with E-state index >= 15 is 0 Å². The van der Waals surface area contributed by atoms with Gasteiger partial charge in [-0.2, -0.15) is 0 Å². The van der Waals surface area contributed by atoms with E-state index in [2.05, 4.69) is 17.2 Å². The van der Waals surface area contributed by atoms with Crippen molar-refractivity contribution in [2.45, 2.75) is 25.3 Å². The van der Waals surface area contributed by atoms with Gasteiger partial charge < -0.3 is 5.32 Å². The first-order valence-electron chi connectivity index (χ1n) is 6.09. The average molecular weight is 262 g/mol. The van der Waals surface area contributed by atoms with Crippen molar-refractivity contribution in [2.75, 3.05) is 5.32 Å². The maximum Gasteiger partial charge on any atom is 0.249 e. The summed E-state index contributed by atoms with van der Waals surface area (Å²) >= 11 is 0. The van der Waals surface area contributed by atoms with Gasteiger partial charge in [0.15, 0.2) is 0 Å². The summed E-state index contributed by atoms with van der Waals surface area (Å²) in [6.07, 6.45) is 2.80. The predicted octanol–water partition coefficient (Wildman–Crippen LogP) is 1.77. The minimum atomic E-state index is -0.498. The molecule has 100 valence electrons. The second-order valence-electron chi connectivity index (χ2n) is 4.45. The Bertz CT molecular complexity index is 528. The number of carbonyl (C=O) groups is 2. The average Bonchev–Trinajstić information content (AvgIpc) is 2.36. The van der Waals surface area contributed by atoms with Gasteiger partial charge in [0.2, 0.25) is 11.8 Å². The second-order valence-corrected chi connectivity index (χ2v) is 4.45. The Morgan fingerprint density at radius 1 is 1.47 bits per heavy atom. The van der Waals surface area contributed by atoms with Crippen LogP contribution >= 0.6 is 0 Å². The van der Waals surface area contributed by atoms with Crippen LogP contribution in [0.5, 0.6) is 0 Å². The first-order valence-corrected chi connectivity index (χ1v) is 6.09. The third-order valence-electron chi connectivity index (χ3n) is 3.00. The van der Waals surface area contributed by atoms with E-state index in [4.69, 9.17) is 0 Å². The Labute approximate surface area is 110 Å². The van der Waals surface area contributed by atoms with Crippen LogP contribution in [0.15, 0.2) is 30.9 Å². The molecule has 1 aromatic rings. The van der Waals surface area contributed by atoms with Crippen LogP contribution in [0, 0.1) is 5.82 Å². The maximum atomic E-state index is 13.7. The van der Waals surface area contributed by atoms with Gasteiger partial charge in [-0.3, -0.25) is 14.9 Å². The maximum absolute atomic E-state index is 13.7. The lowest BCUT2D eigenvalue weighted by atomic mass is 10.1. The van der Waals surface area contributed by atoms with Crippen molar-refractivity contribution in [1.82, 2.24) is 5.32 Å². The van der Waals surface area contributed by atoms with E-state index in [0.29, 0.717) is 30.5 Å². The quantitative estimate of drug-likeness (QED) is 0.642. The number of hydrogen-bond donors (Lipinski definition) is 2. The van der Waals surface area contributed by atoms with Crippen molar-refractivity contribution < 1.29 is 14.0 Å². The van der Waals surface area contributed by atoms with Crippen molar-refractivity contribution in [3.05, 3.63) is 42.2 Å². The van der Waals surface area contributed by atoms with Crippen LogP contribution < -0.4 is 10.6 Å². The molecule has 0 aliphatic carbocycles. The topological polar surface area (TPSA) is 58.2 Å². The molecule has 1 fully saturated rings. The number of anilines is 1. The molecule has 1 aromatic carbocycles. The van der Waals surface area contributed by atoms with Crippen LogP contribution in [0.4, 0.5) is 10.1 Å². The number of carbonyl (C=O) groups excluding carboxylic acids is 2. The van der Waals surface area contributed by atoms with Gasteiger partial charge in [-0.1, -0.05) is 12.1 Å². The standard InChI is InChI=1S/C14H15FN2O2/c1-2-3-9-4-5-10(8-11(9)15)16-12-6-7-13(18)17-14(12)19/h2,4-5,8,12,16H,1,3,6-7H2,(H,17,18,19). The second kappa shape index (κ2) is 5.65. The molecule has 1 aliphatic rings. The third-order valence-corrected chi connectivity index (χ3v) is 3.00. The molecule has 2 N–H and O–H groups in total. The molecule has 19 heavy (non-hydrogen) atoms. The van der Waals surface area contributed by atoms with Crippen LogP contribution in [-0.4, -0.2) is 17.9 Å². The highest BCUT2D eigenvalue weighted by molar-refractivity contribution is 6.01. The summed E-state index contributed by atoms with van der Waals surface area (Å²) in [5, 5.41) is 5.18. The number of benzene rings is 1. The van der Waals surface area contributed by atoms with Gasteiger partial charge in [-0.05, 0) is 30.5 Å². The minimum absolute atomic E-state index is 0.268. The van der Waals surface area contributed by atoms with E-state index in [1.165, 1.54) is 6.07 Å². The molecule has 2 amide bonds. The van der Waals surface area contributed by atoms with E-state index < -0.39 is 6.04 Å². The van der Waals surface area contributed by atoms with Crippen molar-refractivity contribution in [2.24, 2.45) is 0 Å². The molecule has 1 aliphatic heterocycles. The summed E-state index contributed by atoms with van der Waals surface area (Å²) < 4.78 is 13.7. The van der Waals surface area contributed by atoms with Crippen LogP contribution in [0.2, 0.25) is 0 Å². The van der Waals surface area contributed by atoms with Crippen LogP contribution in [0.3, 0.4) is 0 Å². The zero-order chi connectivity index (χ0) is 13.8. The smallest absolute Gasteiger partial charge is 0.249 e. The number of halogens is 1. The molecule has 0 radical (unpaired) electrons. The number of allylic oxidation sites excluding steroid dienone is 1. The molecule has 1 unspecified atom stereocenters. The van der Waals surface area contributed by atoms with Gasteiger partial charge in [0.05, 0.1) is 0 Å². The fraction of sp³-hybridized carbons (Fsp3) is 0.286. The molecule has 0 bridgehead atoms. The Hall–Kier alpha value is -2.17. The molecule has 0 saturated carbocycles. The van der Waals surface area contributed by atoms with Gasteiger partial charge in [-0.25, -0.2) is 4.39 Å². The van der Waals surface area contributed by atoms with E-state index in [-0.39, 0.29) is 17.6 Å². The molecule has 2 rings (SSSR count). The van der Waals surface area contributed by atoms with Crippen molar-refractivity contribution in [3.63, 3.8) is 0 Å². The lowest BCUT2D eigenvalue weighted by Crippen LogP contribution is -2.47. The van der Waals surface area contributed by atoms with Gasteiger partial charge in [0.1, 0.15) is 11.9 Å². The highest BCUT2D eigenvalue weighted by Gasteiger charge is 2.26. The van der Waals surface area contributed by atoms with Gasteiger partial charge >= 0.3 is 0 Å². The molecular formula is C14H15FN2O2. The summed E-state index contributed by atoms with van der Waals surface area (Å²) in [4.78, 5) is 22.6. The first-order chi connectivity index (χ1) is 9.10. The normalized spacial score (nSPS) is 18.9. The Balaban J connectivity index is 2.07. The van der Waals surface area contributed by atoms with Crippen LogP contribution in [-0.2, 0) is 16.0 Å². The Morgan fingerprint density at radius 2 is 2.26 bits per heavy atom. The number of nitrogens with one attached hydrogen (secondary N) is 2. The molecule has 1 heterocycles. The predicted molar refractivity (Wildman–Crippen MR) is 70.1 cm³/mol. The van der Waals surface area contributed by atoms with E-state index in [1.54, 1.807) is 18.2 Å². The number of imide groups is 1. The Morgan fingerprint density at radius 3 is 2.89 bits per heavy atom. The Kier molecular flexibility index (Phi) is 3.94. The van der Waals surface area contributed by atoms with Gasteiger partial charge in [0.25, 0.3) is 0 Å². The van der Waals surface area contributed by atoms with Crippen LogP contribution in [0.25, 0.3) is 0 Å². The van der Waals surface area contributed by atoms with Gasteiger partial charge in [0, 0.05) is 12.1 Å². The summed E-state index contributed by atoms with van der Waals surface area (Å²) in [6.45, 7) is 3.56. The molecule has 5 heteroatoms. The van der Waals surface area contributed by atoms with Crippen LogP contribution in [0.1, 0.15) is 18.4 Å². The molecule has 0 spiro atoms. The third kappa shape index (κ3) is 3.19. The largest absolute Gasteiger partial charge is 0.374 e. The highest BCUT2D eigenvalue weighted by Crippen LogP contribution is 2.18. The monoisotopic (exact) mass is 262 g/mol. The lowest BCUT2D eigenvalue weighted by molar-refractivity contribution is -0.133. The minimum Gasteiger partial charge on any atom is -0.374 e.